The van der Waals surface area contributed by atoms with Crippen LogP contribution in [0, 0.1) is 17.8 Å². The van der Waals surface area contributed by atoms with Crippen molar-refractivity contribution in [2.75, 3.05) is 4.90 Å². The van der Waals surface area contributed by atoms with Crippen LogP contribution in [0.15, 0.2) is 12.1 Å². The molecule has 1 amide bonds. The minimum atomic E-state index is -0.641. The maximum absolute atomic E-state index is 12.7. The molecule has 1 heterocycles. The van der Waals surface area contributed by atoms with Crippen LogP contribution in [0.2, 0.25) is 5.02 Å². The number of nitrogens with zero attached hydrogens (tertiary/aromatic N) is 2. The number of aromatic amines is 1. The lowest BCUT2D eigenvalue weighted by Gasteiger charge is -2.27. The summed E-state index contributed by atoms with van der Waals surface area (Å²) in [5, 5.41) is 7.62. The van der Waals surface area contributed by atoms with Crippen molar-refractivity contribution < 1.29 is 9.53 Å². The molecule has 0 saturated heterocycles. The smallest absolute Gasteiger partial charge is 0.421 e. The number of carbonyl (C=O) groups excluding carboxylic acids is 1. The molecule has 5 nitrogen and oxygen atoms in total. The number of ether oxygens (including phenoxy) is 1. The van der Waals surface area contributed by atoms with Crippen LogP contribution in [0.4, 0.5) is 15.6 Å². The molecule has 2 rings (SSSR count). The highest BCUT2D eigenvalue weighted by Crippen LogP contribution is 2.37. The Balaban J connectivity index is 2.59. The van der Waals surface area contributed by atoms with Crippen LogP contribution in [0.1, 0.15) is 31.9 Å². The molecule has 0 bridgehead atoms. The Morgan fingerprint density at radius 3 is 2.52 bits per heavy atom. The van der Waals surface area contributed by atoms with Crippen LogP contribution in [-0.2, 0) is 4.74 Å². The molecule has 2 aromatic rings. The molecule has 0 saturated carbocycles. The number of halogens is 1. The Morgan fingerprint density at radius 1 is 1.39 bits per heavy atom. The lowest BCUT2D eigenvalue weighted by molar-refractivity contribution is 0.0598. The van der Waals surface area contributed by atoms with E-state index in [-0.39, 0.29) is 0 Å². The van der Waals surface area contributed by atoms with E-state index >= 15 is 0 Å². The minimum Gasteiger partial charge on any atom is -0.443 e. The van der Waals surface area contributed by atoms with E-state index in [1.165, 1.54) is 16.2 Å². The fraction of sp³-hybridized carbons (Fsp3) is 0.400. The maximum atomic E-state index is 12.7. The molecule has 1 N–H and O–H groups in total. The number of nitrogens with one attached hydrogen (secondary N) is 1. The number of carbonyl (C=O) groups is 1. The van der Waals surface area contributed by atoms with Crippen LogP contribution in [0.3, 0.4) is 0 Å². The van der Waals surface area contributed by atoms with Crippen LogP contribution < -0.4 is 4.90 Å². The Morgan fingerprint density at radius 2 is 2.04 bits per heavy atom. The number of hydrogen-bond donors (Lipinski definition) is 1. The number of rotatable bonds is 2. The minimum absolute atomic E-state index is 0.387. The van der Waals surface area contributed by atoms with Gasteiger partial charge in [-0.1, -0.05) is 29.0 Å². The first kappa shape index (κ1) is 17.9. The second-order valence-electron chi connectivity index (χ2n) is 6.12. The van der Waals surface area contributed by atoms with Gasteiger partial charge in [0.05, 0.1) is 10.7 Å². The zero-order valence-corrected chi connectivity index (χ0v) is 15.9. The molecule has 1 aromatic heterocycles. The molecule has 0 unspecified atom stereocenters. The average Bonchev–Trinajstić information content (AvgIpc) is 2.77. The van der Waals surface area contributed by atoms with E-state index < -0.39 is 11.7 Å². The van der Waals surface area contributed by atoms with Crippen molar-refractivity contribution >= 4 is 52.1 Å². The largest absolute Gasteiger partial charge is 0.443 e. The van der Waals surface area contributed by atoms with E-state index in [2.05, 4.69) is 10.2 Å². The van der Waals surface area contributed by atoms with Crippen molar-refractivity contribution in [3.05, 3.63) is 32.2 Å². The van der Waals surface area contributed by atoms with Gasteiger partial charge in [0.2, 0.25) is 5.13 Å². The summed E-state index contributed by atoms with van der Waals surface area (Å²) >= 11 is 12.6. The summed E-state index contributed by atoms with van der Waals surface area (Å²) in [5.74, 6) is 0. The van der Waals surface area contributed by atoms with E-state index in [0.717, 1.165) is 11.1 Å². The molecule has 0 spiro atoms. The zero-order chi connectivity index (χ0) is 17.4. The Bertz CT molecular complexity index is 770. The third kappa shape index (κ3) is 4.31. The third-order valence-electron chi connectivity index (χ3n) is 2.82. The molecule has 124 valence electrons. The topological polar surface area (TPSA) is 58.2 Å². The number of amides is 1. The van der Waals surface area contributed by atoms with Crippen molar-refractivity contribution in [1.29, 1.82) is 0 Å². The van der Waals surface area contributed by atoms with Crippen LogP contribution in [0.5, 0.6) is 0 Å². The monoisotopic (exact) mass is 371 g/mol. The predicted octanol–water partition coefficient (Wildman–Crippen LogP) is 5.54. The first-order valence-corrected chi connectivity index (χ1v) is 8.54. The molecule has 0 aliphatic carbocycles. The summed E-state index contributed by atoms with van der Waals surface area (Å²) in [4.78, 5) is 14.1. The quantitative estimate of drug-likeness (QED) is 0.703. The lowest BCUT2D eigenvalue weighted by atomic mass is 10.1. The molecule has 0 fully saturated rings. The number of benzene rings is 1. The van der Waals surface area contributed by atoms with Gasteiger partial charge in [-0.3, -0.25) is 5.10 Å². The summed E-state index contributed by atoms with van der Waals surface area (Å²) in [6, 6.07) is 3.75. The highest BCUT2D eigenvalue weighted by molar-refractivity contribution is 7.73. The van der Waals surface area contributed by atoms with Crippen molar-refractivity contribution in [3.63, 3.8) is 0 Å². The average molecular weight is 372 g/mol. The van der Waals surface area contributed by atoms with E-state index in [4.69, 9.17) is 28.6 Å². The number of anilines is 2. The van der Waals surface area contributed by atoms with Gasteiger partial charge in [-0.2, -0.15) is 0 Å². The fourth-order valence-corrected chi connectivity index (χ4v) is 3.36. The molecule has 1 aromatic carbocycles. The first-order valence-electron chi connectivity index (χ1n) is 6.94. The third-order valence-corrected chi connectivity index (χ3v) is 4.18. The van der Waals surface area contributed by atoms with Crippen LogP contribution in [-0.4, -0.2) is 21.9 Å². The molecule has 0 atom stereocenters. The van der Waals surface area contributed by atoms with E-state index in [1.54, 1.807) is 26.8 Å². The second-order valence-corrected chi connectivity index (χ2v) is 8.18. The molecular weight excluding hydrogens is 354 g/mol. The summed E-state index contributed by atoms with van der Waals surface area (Å²) < 4.78 is 5.97. The van der Waals surface area contributed by atoms with E-state index in [1.807, 2.05) is 19.9 Å². The van der Waals surface area contributed by atoms with Gasteiger partial charge in [0, 0.05) is 0 Å². The summed E-state index contributed by atoms with van der Waals surface area (Å²) in [6.07, 6.45) is -0.552. The van der Waals surface area contributed by atoms with Crippen molar-refractivity contribution in [1.82, 2.24) is 10.2 Å². The Hall–Kier alpha value is -1.44. The van der Waals surface area contributed by atoms with Crippen LogP contribution in [0.25, 0.3) is 0 Å². The van der Waals surface area contributed by atoms with Crippen molar-refractivity contribution in [2.45, 2.75) is 40.2 Å². The molecule has 23 heavy (non-hydrogen) atoms. The van der Waals surface area contributed by atoms with Gasteiger partial charge in [-0.05, 0) is 64.0 Å². The lowest BCUT2D eigenvalue weighted by Crippen LogP contribution is -2.34. The fourth-order valence-electron chi connectivity index (χ4n) is 2.08. The molecule has 0 aliphatic rings. The Kier molecular flexibility index (Phi) is 5.13. The van der Waals surface area contributed by atoms with Gasteiger partial charge < -0.3 is 4.74 Å². The number of aromatic nitrogens is 2. The maximum Gasteiger partial charge on any atom is 0.421 e. The van der Waals surface area contributed by atoms with Crippen molar-refractivity contribution in [3.8, 4) is 0 Å². The van der Waals surface area contributed by atoms with Gasteiger partial charge in [-0.25, -0.2) is 9.69 Å². The standard InChI is InChI=1S/C15H18ClN3O2S2/c1-8-6-9(2)11(10(16)7-8)19(12-17-18-13(22)23-12)14(20)21-15(3,4)5/h6-7H,1-5H3,(H,18,22). The zero-order valence-electron chi connectivity index (χ0n) is 13.6. The molecule has 0 radical (unpaired) electrons. The van der Waals surface area contributed by atoms with Gasteiger partial charge in [0.15, 0.2) is 3.95 Å². The summed E-state index contributed by atoms with van der Waals surface area (Å²) in [6.45, 7) is 9.24. The van der Waals surface area contributed by atoms with Crippen molar-refractivity contribution in [2.24, 2.45) is 0 Å². The normalized spacial score (nSPS) is 11.4. The van der Waals surface area contributed by atoms with Gasteiger partial charge in [-0.15, -0.1) is 5.10 Å². The molecule has 0 aliphatic heterocycles. The van der Waals surface area contributed by atoms with E-state index in [9.17, 15) is 4.79 Å². The second kappa shape index (κ2) is 6.59. The predicted molar refractivity (Wildman–Crippen MR) is 96.6 cm³/mol. The number of H-pyrrole nitrogens is 1. The number of aryl methyl sites for hydroxylation is 2. The number of hydrogen-bond acceptors (Lipinski definition) is 5. The van der Waals surface area contributed by atoms with Gasteiger partial charge >= 0.3 is 6.09 Å². The van der Waals surface area contributed by atoms with Gasteiger partial charge in [0.25, 0.3) is 0 Å². The summed E-state index contributed by atoms with van der Waals surface area (Å²) in [7, 11) is 0. The molecular formula is C15H18ClN3O2S2. The Labute approximate surface area is 149 Å². The SMILES string of the molecule is Cc1cc(C)c(N(C(=O)OC(C)(C)C)c2n[nH]c(=S)s2)c(Cl)c1. The van der Waals surface area contributed by atoms with E-state index in [0.29, 0.717) is 19.8 Å². The highest BCUT2D eigenvalue weighted by Gasteiger charge is 2.29. The highest BCUT2D eigenvalue weighted by atomic mass is 35.5. The molecule has 8 heteroatoms. The van der Waals surface area contributed by atoms with Crippen LogP contribution >= 0.6 is 35.2 Å². The first-order chi connectivity index (χ1) is 10.6. The summed E-state index contributed by atoms with van der Waals surface area (Å²) in [5.41, 5.74) is 1.76. The van der Waals surface area contributed by atoms with Gasteiger partial charge in [0.1, 0.15) is 5.60 Å².